The number of hydrogen-bond acceptors (Lipinski definition) is 3. The standard InChI is InChI=1S/C15H23NOS/c1-11(13-4-6-15(18-3)7-5-13)16-10-14-8-9-17-12(14)2/h4-7,11-12,14,16H,8-10H2,1-3H3. The van der Waals surface area contributed by atoms with Gasteiger partial charge in [-0.15, -0.1) is 11.8 Å². The molecule has 3 unspecified atom stereocenters. The van der Waals surface area contributed by atoms with Crippen molar-refractivity contribution in [2.24, 2.45) is 5.92 Å². The van der Waals surface area contributed by atoms with Crippen molar-refractivity contribution in [1.82, 2.24) is 5.32 Å². The number of rotatable bonds is 5. The summed E-state index contributed by atoms with van der Waals surface area (Å²) in [6.07, 6.45) is 3.70. The van der Waals surface area contributed by atoms with Crippen LogP contribution in [-0.4, -0.2) is 25.5 Å². The highest BCUT2D eigenvalue weighted by Crippen LogP contribution is 2.22. The molecule has 0 bridgehead atoms. The lowest BCUT2D eigenvalue weighted by molar-refractivity contribution is 0.105. The van der Waals surface area contributed by atoms with E-state index in [-0.39, 0.29) is 0 Å². The van der Waals surface area contributed by atoms with Crippen LogP contribution >= 0.6 is 11.8 Å². The van der Waals surface area contributed by atoms with Gasteiger partial charge in [0.1, 0.15) is 0 Å². The normalized spacial score (nSPS) is 25.3. The van der Waals surface area contributed by atoms with Gasteiger partial charge >= 0.3 is 0 Å². The molecular formula is C15H23NOS. The van der Waals surface area contributed by atoms with E-state index < -0.39 is 0 Å². The quantitative estimate of drug-likeness (QED) is 0.824. The van der Waals surface area contributed by atoms with E-state index >= 15 is 0 Å². The summed E-state index contributed by atoms with van der Waals surface area (Å²) in [5.74, 6) is 0.665. The van der Waals surface area contributed by atoms with Gasteiger partial charge in [-0.25, -0.2) is 0 Å². The summed E-state index contributed by atoms with van der Waals surface area (Å²) in [5, 5.41) is 3.62. The first-order valence-electron chi connectivity index (χ1n) is 6.69. The van der Waals surface area contributed by atoms with Gasteiger partial charge in [-0.3, -0.25) is 0 Å². The van der Waals surface area contributed by atoms with Crippen LogP contribution < -0.4 is 5.32 Å². The molecule has 1 aromatic rings. The molecule has 0 amide bonds. The molecule has 1 aliphatic heterocycles. The summed E-state index contributed by atoms with van der Waals surface area (Å²) in [4.78, 5) is 1.32. The molecule has 1 heterocycles. The molecule has 18 heavy (non-hydrogen) atoms. The van der Waals surface area contributed by atoms with Crippen LogP contribution in [0.3, 0.4) is 0 Å². The van der Waals surface area contributed by atoms with Crippen LogP contribution in [0.1, 0.15) is 31.9 Å². The molecule has 2 rings (SSSR count). The summed E-state index contributed by atoms with van der Waals surface area (Å²) in [7, 11) is 0. The third kappa shape index (κ3) is 3.50. The van der Waals surface area contributed by atoms with Crippen molar-refractivity contribution >= 4 is 11.8 Å². The Morgan fingerprint density at radius 2 is 2.11 bits per heavy atom. The van der Waals surface area contributed by atoms with Gasteiger partial charge in [0.05, 0.1) is 6.10 Å². The van der Waals surface area contributed by atoms with Crippen LogP contribution in [0.5, 0.6) is 0 Å². The molecule has 3 atom stereocenters. The fourth-order valence-corrected chi connectivity index (χ4v) is 2.79. The van der Waals surface area contributed by atoms with Gasteiger partial charge in [0, 0.05) is 24.1 Å². The Morgan fingerprint density at radius 1 is 1.39 bits per heavy atom. The minimum Gasteiger partial charge on any atom is -0.378 e. The summed E-state index contributed by atoms with van der Waals surface area (Å²) < 4.78 is 5.59. The van der Waals surface area contributed by atoms with E-state index in [1.807, 2.05) is 0 Å². The number of nitrogens with one attached hydrogen (secondary N) is 1. The maximum atomic E-state index is 5.59. The Kier molecular flexibility index (Phi) is 5.10. The molecule has 1 fully saturated rings. The van der Waals surface area contributed by atoms with Crippen molar-refractivity contribution < 1.29 is 4.74 Å². The molecule has 0 spiro atoms. The van der Waals surface area contributed by atoms with E-state index in [1.54, 1.807) is 11.8 Å². The van der Waals surface area contributed by atoms with E-state index in [0.29, 0.717) is 18.1 Å². The van der Waals surface area contributed by atoms with Gasteiger partial charge < -0.3 is 10.1 Å². The lowest BCUT2D eigenvalue weighted by atomic mass is 10.0. The van der Waals surface area contributed by atoms with Crippen LogP contribution in [-0.2, 0) is 4.74 Å². The molecule has 2 nitrogen and oxygen atoms in total. The number of hydrogen-bond donors (Lipinski definition) is 1. The van der Waals surface area contributed by atoms with Crippen LogP contribution in [0.25, 0.3) is 0 Å². The molecule has 0 saturated carbocycles. The summed E-state index contributed by atoms with van der Waals surface area (Å²) in [5.41, 5.74) is 1.36. The lowest BCUT2D eigenvalue weighted by Crippen LogP contribution is -2.29. The molecule has 0 aromatic heterocycles. The maximum Gasteiger partial charge on any atom is 0.0588 e. The second-order valence-corrected chi connectivity index (χ2v) is 5.91. The topological polar surface area (TPSA) is 21.3 Å². The first-order valence-corrected chi connectivity index (χ1v) is 7.92. The third-order valence-corrected chi connectivity index (χ3v) is 4.58. The van der Waals surface area contributed by atoms with E-state index in [2.05, 4.69) is 49.7 Å². The summed E-state index contributed by atoms with van der Waals surface area (Å²) in [6.45, 7) is 6.38. The second kappa shape index (κ2) is 6.60. The summed E-state index contributed by atoms with van der Waals surface area (Å²) >= 11 is 1.79. The van der Waals surface area contributed by atoms with Crippen LogP contribution in [0.15, 0.2) is 29.2 Å². The molecule has 1 aromatic carbocycles. The van der Waals surface area contributed by atoms with Crippen molar-refractivity contribution in [2.75, 3.05) is 19.4 Å². The third-order valence-electron chi connectivity index (χ3n) is 3.84. The van der Waals surface area contributed by atoms with Crippen LogP contribution in [0, 0.1) is 5.92 Å². The van der Waals surface area contributed by atoms with Gasteiger partial charge in [-0.05, 0) is 50.1 Å². The van der Waals surface area contributed by atoms with Gasteiger partial charge in [0.25, 0.3) is 0 Å². The average Bonchev–Trinajstić information content (AvgIpc) is 2.81. The van der Waals surface area contributed by atoms with Crippen molar-refractivity contribution in [2.45, 2.75) is 37.3 Å². The number of thioether (sulfide) groups is 1. The Hall–Kier alpha value is -0.510. The van der Waals surface area contributed by atoms with Gasteiger partial charge in [-0.1, -0.05) is 12.1 Å². The molecule has 100 valence electrons. The number of benzene rings is 1. The lowest BCUT2D eigenvalue weighted by Gasteiger charge is -2.19. The number of ether oxygens (including phenoxy) is 1. The highest BCUT2D eigenvalue weighted by Gasteiger charge is 2.24. The van der Waals surface area contributed by atoms with Crippen LogP contribution in [0.4, 0.5) is 0 Å². The maximum absolute atomic E-state index is 5.59. The Labute approximate surface area is 114 Å². The van der Waals surface area contributed by atoms with Crippen molar-refractivity contribution in [3.63, 3.8) is 0 Å². The van der Waals surface area contributed by atoms with E-state index in [4.69, 9.17) is 4.74 Å². The van der Waals surface area contributed by atoms with E-state index in [0.717, 1.165) is 13.2 Å². The van der Waals surface area contributed by atoms with Gasteiger partial charge in [-0.2, -0.15) is 0 Å². The van der Waals surface area contributed by atoms with Gasteiger partial charge in [0.15, 0.2) is 0 Å². The SMILES string of the molecule is CSc1ccc(C(C)NCC2CCOC2C)cc1. The summed E-state index contributed by atoms with van der Waals surface area (Å²) in [6, 6.07) is 9.24. The molecule has 1 N–H and O–H groups in total. The molecule has 1 aliphatic rings. The predicted octanol–water partition coefficient (Wildman–Crippen LogP) is 3.48. The molecule has 3 heteroatoms. The average molecular weight is 265 g/mol. The van der Waals surface area contributed by atoms with E-state index in [9.17, 15) is 0 Å². The van der Waals surface area contributed by atoms with Crippen molar-refractivity contribution in [3.05, 3.63) is 29.8 Å². The van der Waals surface area contributed by atoms with Crippen molar-refractivity contribution in [1.29, 1.82) is 0 Å². The highest BCUT2D eigenvalue weighted by molar-refractivity contribution is 7.98. The van der Waals surface area contributed by atoms with Crippen LogP contribution in [0.2, 0.25) is 0 Å². The Morgan fingerprint density at radius 3 is 2.67 bits per heavy atom. The Balaban J connectivity index is 1.84. The highest BCUT2D eigenvalue weighted by atomic mass is 32.2. The largest absolute Gasteiger partial charge is 0.378 e. The fraction of sp³-hybridized carbons (Fsp3) is 0.600. The van der Waals surface area contributed by atoms with Gasteiger partial charge in [0.2, 0.25) is 0 Å². The first kappa shape index (κ1) is 13.9. The predicted molar refractivity (Wildman–Crippen MR) is 78.2 cm³/mol. The molecular weight excluding hydrogens is 242 g/mol. The monoisotopic (exact) mass is 265 g/mol. The zero-order chi connectivity index (χ0) is 13.0. The minimum atomic E-state index is 0.406. The second-order valence-electron chi connectivity index (χ2n) is 5.03. The zero-order valence-electron chi connectivity index (χ0n) is 11.5. The van der Waals surface area contributed by atoms with E-state index in [1.165, 1.54) is 16.9 Å². The molecule has 0 aliphatic carbocycles. The smallest absolute Gasteiger partial charge is 0.0588 e. The fourth-order valence-electron chi connectivity index (χ4n) is 2.38. The minimum absolute atomic E-state index is 0.406. The molecule has 1 saturated heterocycles. The van der Waals surface area contributed by atoms with Crippen molar-refractivity contribution in [3.8, 4) is 0 Å². The molecule has 0 radical (unpaired) electrons. The zero-order valence-corrected chi connectivity index (χ0v) is 12.3. The first-order chi connectivity index (χ1) is 8.70. The Bertz CT molecular complexity index is 365.